The summed E-state index contributed by atoms with van der Waals surface area (Å²) >= 11 is 8.76. The van der Waals surface area contributed by atoms with Crippen molar-refractivity contribution in [3.8, 4) is 12.1 Å². The van der Waals surface area contributed by atoms with Crippen LogP contribution in [0.3, 0.4) is 0 Å². The molecule has 10 aromatic rings. The van der Waals surface area contributed by atoms with E-state index in [0.29, 0.717) is 56.4 Å². The molecule has 105 heavy (non-hydrogen) atoms. The van der Waals surface area contributed by atoms with Crippen LogP contribution < -0.4 is 0 Å². The van der Waals surface area contributed by atoms with Gasteiger partial charge in [-0.15, -0.1) is 45.3 Å². The van der Waals surface area contributed by atoms with Gasteiger partial charge in [0.25, 0.3) is 11.4 Å². The summed E-state index contributed by atoms with van der Waals surface area (Å²) in [6.07, 6.45) is 46.5. The van der Waals surface area contributed by atoms with Gasteiger partial charge in [-0.05, 0) is 97.6 Å². The topological polar surface area (TPSA) is 126 Å². The third-order valence-electron chi connectivity index (χ3n) is 22.6. The van der Waals surface area contributed by atoms with Crippen LogP contribution in [-0.4, -0.2) is 29.4 Å². The number of hydrogen-bond acceptors (Lipinski definition) is 11. The number of ketones is 2. The molecule has 15 heteroatoms. The summed E-state index contributed by atoms with van der Waals surface area (Å²) in [4.78, 5) is 39.5. The number of thiophene rings is 4. The zero-order valence-corrected chi connectivity index (χ0v) is 67.3. The monoisotopic (exact) mass is 1490 g/mol. The van der Waals surface area contributed by atoms with E-state index in [-0.39, 0.29) is 23.0 Å². The maximum absolute atomic E-state index is 14.9. The van der Waals surface area contributed by atoms with E-state index in [2.05, 4.69) is 84.7 Å². The number of carbonyl (C=O) groups excluding carboxylic acids is 2. The molecule has 10 nitrogen and oxygen atoms in total. The predicted octanol–water partition coefficient (Wildman–Crippen LogP) is 29.0. The Balaban J connectivity index is 1.15. The maximum Gasteiger partial charge on any atom is 0.270 e. The molecule has 7 heterocycles. The first-order valence-corrected chi connectivity index (χ1v) is 44.4. The number of unbranched alkanes of at least 4 members (excludes halogenated alkanes) is 24. The maximum atomic E-state index is 14.9. The summed E-state index contributed by atoms with van der Waals surface area (Å²) in [5, 5.41) is 23.6. The van der Waals surface area contributed by atoms with Crippen LogP contribution in [0.4, 0.5) is 0 Å². The van der Waals surface area contributed by atoms with Crippen molar-refractivity contribution < 1.29 is 9.59 Å². The standard InChI is InChI=1S/C90H106N8O2S5/c1-9-15-21-25-27-29-31-33-37-51-65-71(53-67-73(69(55-91)93-7)61-47-39-41-49-63(61)83(67)99)101-89-81-87(103-85(65)89)75-77-78(96-105-95-77)76-80(79(75)97(81)57-59(43-19-13-5)45-35-23-17-11-3)98(58-60(44-20-14-6)46-36-24-18-12-4)82-88(76)104-86-66(52-38-34-32-30-28-26-22-16-10-2)72(102-90(82)86)54-68-74(70(56-92)94-8)62-48-40-42-50-64(62)84(68)100/h39-42,47-50,53-54,59-60H,9-38,43-46,51-52,57-58H2,1-6H3/b67-53-,68-54-,73-69-,74-70+. The molecule has 2 aliphatic carbocycles. The molecule has 2 atom stereocenters. The predicted molar refractivity (Wildman–Crippen MR) is 451 cm³/mol. The number of carbonyl (C=O) groups is 2. The highest BCUT2D eigenvalue weighted by Gasteiger charge is 2.37. The van der Waals surface area contributed by atoms with Gasteiger partial charge in [0.05, 0.1) is 87.3 Å². The van der Waals surface area contributed by atoms with Crippen molar-refractivity contribution in [1.82, 2.24) is 17.9 Å². The Morgan fingerprint density at radius 2 is 0.762 bits per heavy atom. The lowest BCUT2D eigenvalue weighted by Gasteiger charge is -2.22. The third kappa shape index (κ3) is 16.3. The highest BCUT2D eigenvalue weighted by atomic mass is 32.1. The zero-order chi connectivity index (χ0) is 73.3. The van der Waals surface area contributed by atoms with Crippen LogP contribution in [0.1, 0.15) is 313 Å². The fraction of sp³-hybridized carbons (Fsp3) is 0.511. The smallest absolute Gasteiger partial charge is 0.270 e. The summed E-state index contributed by atoms with van der Waals surface area (Å²) in [5.41, 5.74) is 13.4. The first kappa shape index (κ1) is 77.3. The van der Waals surface area contributed by atoms with Gasteiger partial charge in [-0.1, -0.05) is 270 Å². The molecule has 0 N–H and O–H groups in total. The van der Waals surface area contributed by atoms with E-state index in [1.165, 1.54) is 225 Å². The summed E-state index contributed by atoms with van der Waals surface area (Å²) in [6, 6.07) is 19.4. The summed E-state index contributed by atoms with van der Waals surface area (Å²) in [6.45, 7) is 32.1. The van der Waals surface area contributed by atoms with E-state index in [1.807, 2.05) is 71.2 Å². The Morgan fingerprint density at radius 3 is 1.11 bits per heavy atom. The molecule has 0 spiro atoms. The second kappa shape index (κ2) is 37.5. The first-order valence-electron chi connectivity index (χ1n) is 40.4. The number of allylic oxidation sites excluding steroid dienone is 6. The lowest BCUT2D eigenvalue weighted by atomic mass is 9.94. The number of aromatic nitrogens is 4. The largest absolute Gasteiger partial charge is 0.337 e. The highest BCUT2D eigenvalue weighted by molar-refractivity contribution is 7.34. The van der Waals surface area contributed by atoms with Gasteiger partial charge >= 0.3 is 0 Å². The summed E-state index contributed by atoms with van der Waals surface area (Å²) in [7, 11) is 0. The van der Waals surface area contributed by atoms with E-state index in [9.17, 15) is 20.1 Å². The molecule has 0 fully saturated rings. The molecule has 0 saturated heterocycles. The first-order chi connectivity index (χ1) is 51.6. The SMILES string of the molecule is [C-]#[N+]/C(C#N)=C1\C(=C\c2sc3c(sc4c5c6nsnc6c6c7sc8c(CCCCCCCCCCC)c(/C=C9\C(=O)c%10ccccc%10\C9=C(\C#N)[N+]#[C-])sc8c7n(CC(CCCC)CCCCCC)c6c5n(CC(CCCC)CCCCCC)c34)c2CCCCCCCCCCC)C(=O)c2ccccc21. The van der Waals surface area contributed by atoms with E-state index < -0.39 is 0 Å². The van der Waals surface area contributed by atoms with Crippen LogP contribution in [0, 0.1) is 47.6 Å². The van der Waals surface area contributed by atoms with E-state index in [1.54, 1.807) is 22.7 Å². The number of nitrogens with zero attached hydrogens (tertiary/aromatic N) is 8. The van der Waals surface area contributed by atoms with Crippen molar-refractivity contribution in [1.29, 1.82) is 10.5 Å². The van der Waals surface area contributed by atoms with Gasteiger partial charge in [0.15, 0.2) is 11.6 Å². The Morgan fingerprint density at radius 1 is 0.429 bits per heavy atom. The molecule has 0 radical (unpaired) electrons. The number of benzene rings is 3. The van der Waals surface area contributed by atoms with Crippen LogP contribution in [-0.2, 0) is 25.9 Å². The second-order valence-electron chi connectivity index (χ2n) is 30.0. The van der Waals surface area contributed by atoms with Crippen LogP contribution in [0.25, 0.3) is 105 Å². The third-order valence-corrected chi connectivity index (χ3v) is 28.3. The van der Waals surface area contributed by atoms with Gasteiger partial charge in [-0.2, -0.15) is 8.75 Å². The molecule has 548 valence electrons. The average molecular weight is 1490 g/mol. The number of rotatable bonds is 42. The molecule has 2 unspecified atom stereocenters. The molecule has 0 saturated carbocycles. The molecule has 0 bridgehead atoms. The minimum atomic E-state index is -0.139. The minimum absolute atomic E-state index is 0.0567. The number of fused-ring (bicyclic) bond motifs is 16. The minimum Gasteiger partial charge on any atom is -0.337 e. The van der Waals surface area contributed by atoms with E-state index in [0.717, 1.165) is 124 Å². The lowest BCUT2D eigenvalue weighted by Crippen LogP contribution is -2.14. The van der Waals surface area contributed by atoms with Crippen molar-refractivity contribution in [3.63, 3.8) is 0 Å². The lowest BCUT2D eigenvalue weighted by molar-refractivity contribution is 0.103. The van der Waals surface area contributed by atoms with Crippen molar-refractivity contribution in [2.24, 2.45) is 11.8 Å². The normalized spacial score (nSPS) is 15.4. The number of Topliss-reactive ketones (excluding diaryl/α,β-unsaturated/α-hetero) is 2. The molecule has 0 amide bonds. The number of hydrogen-bond donors (Lipinski definition) is 0. The molecule has 3 aromatic carbocycles. The average Bonchev–Trinajstić information content (AvgIpc) is 1.50. The van der Waals surface area contributed by atoms with Crippen LogP contribution in [0.5, 0.6) is 0 Å². The van der Waals surface area contributed by atoms with E-state index in [4.69, 9.17) is 21.9 Å². The Hall–Kier alpha value is -7.34. The molecule has 0 aliphatic heterocycles. The van der Waals surface area contributed by atoms with Crippen molar-refractivity contribution in [2.45, 2.75) is 286 Å². The van der Waals surface area contributed by atoms with Crippen LogP contribution in [0.15, 0.2) is 71.1 Å². The van der Waals surface area contributed by atoms with Gasteiger partial charge in [0.2, 0.25) is 0 Å². The Bertz CT molecular complexity index is 4740. The fourth-order valence-corrected chi connectivity index (χ4v) is 23.5. The second-order valence-corrected chi connectivity index (χ2v) is 34.7. The molecular formula is C90H106N8O2S5. The number of aryl methyl sites for hydroxylation is 2. The zero-order valence-electron chi connectivity index (χ0n) is 63.2. The Labute approximate surface area is 644 Å². The van der Waals surface area contributed by atoms with Gasteiger partial charge in [-0.25, -0.2) is 20.2 Å². The van der Waals surface area contributed by atoms with Crippen molar-refractivity contribution >= 4 is 164 Å². The summed E-state index contributed by atoms with van der Waals surface area (Å²) in [5.74, 6) is 0.545. The van der Waals surface area contributed by atoms with Gasteiger partial charge < -0.3 is 9.13 Å². The summed E-state index contributed by atoms with van der Waals surface area (Å²) < 4.78 is 24.1. The molecule has 7 aromatic heterocycles. The van der Waals surface area contributed by atoms with Gasteiger partial charge in [-0.3, -0.25) is 9.59 Å². The van der Waals surface area contributed by atoms with Crippen molar-refractivity contribution in [3.05, 3.63) is 137 Å². The van der Waals surface area contributed by atoms with Gasteiger partial charge in [0.1, 0.15) is 11.0 Å². The van der Waals surface area contributed by atoms with E-state index >= 15 is 0 Å². The van der Waals surface area contributed by atoms with Crippen LogP contribution in [0.2, 0.25) is 0 Å². The number of nitriles is 2. The quantitative estimate of drug-likeness (QED) is 0.0162. The van der Waals surface area contributed by atoms with Gasteiger partial charge in [0, 0.05) is 67.0 Å². The molecule has 12 rings (SSSR count). The highest BCUT2D eigenvalue weighted by Crippen LogP contribution is 2.56. The fourth-order valence-electron chi connectivity index (χ4n) is 17.1. The molecular weight excluding hydrogens is 1390 g/mol. The van der Waals surface area contributed by atoms with Crippen LogP contribution >= 0.6 is 57.1 Å². The molecule has 2 aliphatic rings. The Kier molecular flexibility index (Phi) is 27.6. The van der Waals surface area contributed by atoms with Crippen molar-refractivity contribution in [2.75, 3.05) is 0 Å².